The van der Waals surface area contributed by atoms with E-state index in [-0.39, 0.29) is 4.90 Å². The van der Waals surface area contributed by atoms with Gasteiger partial charge in [-0.3, -0.25) is 0 Å². The molecular weight excluding hydrogens is 432 g/mol. The van der Waals surface area contributed by atoms with E-state index in [4.69, 9.17) is 9.47 Å². The first kappa shape index (κ1) is 23.8. The van der Waals surface area contributed by atoms with Gasteiger partial charge in [0, 0.05) is 45.8 Å². The molecule has 0 aliphatic rings. The zero-order valence-corrected chi connectivity index (χ0v) is 19.2. The Morgan fingerprint density at radius 3 is 2.50 bits per heavy atom. The highest BCUT2D eigenvalue weighted by Crippen LogP contribution is 2.22. The average molecular weight is 461 g/mol. The van der Waals surface area contributed by atoms with Crippen molar-refractivity contribution in [3.8, 4) is 11.4 Å². The van der Waals surface area contributed by atoms with E-state index in [0.717, 1.165) is 17.2 Å². The minimum atomic E-state index is -3.57. The first-order valence-corrected chi connectivity index (χ1v) is 11.6. The number of anilines is 2. The summed E-state index contributed by atoms with van der Waals surface area (Å²) in [6, 6.07) is 8.23. The molecule has 0 spiro atoms. The van der Waals surface area contributed by atoms with Crippen LogP contribution in [-0.4, -0.2) is 61.9 Å². The molecule has 0 saturated carbocycles. The molecule has 0 amide bonds. The van der Waals surface area contributed by atoms with Crippen LogP contribution in [0.4, 0.5) is 11.6 Å². The summed E-state index contributed by atoms with van der Waals surface area (Å²) in [5, 5.41) is 3.11. The van der Waals surface area contributed by atoms with Gasteiger partial charge in [0.25, 0.3) is 0 Å². The van der Waals surface area contributed by atoms with Crippen LogP contribution < -0.4 is 10.0 Å². The summed E-state index contributed by atoms with van der Waals surface area (Å²) in [7, 11) is -0.329. The number of methoxy groups -OCH3 is 2. The van der Waals surface area contributed by atoms with Gasteiger partial charge in [0.05, 0.1) is 29.1 Å². The lowest BCUT2D eigenvalue weighted by Crippen LogP contribution is -2.25. The Bertz CT molecular complexity index is 1120. The van der Waals surface area contributed by atoms with Gasteiger partial charge in [-0.2, -0.15) is 0 Å². The highest BCUT2D eigenvalue weighted by molar-refractivity contribution is 7.89. The number of aryl methyl sites for hydroxylation is 1. The summed E-state index contributed by atoms with van der Waals surface area (Å²) in [4.78, 5) is 13.4. The van der Waals surface area contributed by atoms with E-state index in [0.29, 0.717) is 44.4 Å². The second-order valence-corrected chi connectivity index (χ2v) is 8.76. The second-order valence-electron chi connectivity index (χ2n) is 6.99. The summed E-state index contributed by atoms with van der Waals surface area (Å²) in [5.74, 6) is 1.27. The zero-order chi connectivity index (χ0) is 23.0. The van der Waals surface area contributed by atoms with Gasteiger partial charge in [0.2, 0.25) is 16.0 Å². The molecule has 11 heteroatoms. The average Bonchev–Trinajstić information content (AvgIpc) is 3.16. The normalized spacial score (nSPS) is 11.6. The van der Waals surface area contributed by atoms with E-state index in [1.165, 1.54) is 12.1 Å². The van der Waals surface area contributed by atoms with Crippen LogP contribution in [0, 0.1) is 6.92 Å². The molecular formula is C21H28N6O4S. The van der Waals surface area contributed by atoms with Gasteiger partial charge in [-0.15, -0.1) is 0 Å². The van der Waals surface area contributed by atoms with E-state index < -0.39 is 10.0 Å². The molecule has 0 aliphatic carbocycles. The van der Waals surface area contributed by atoms with Crippen molar-refractivity contribution in [1.29, 1.82) is 0 Å². The van der Waals surface area contributed by atoms with Crippen molar-refractivity contribution < 1.29 is 17.9 Å². The van der Waals surface area contributed by atoms with Gasteiger partial charge in [-0.1, -0.05) is 0 Å². The van der Waals surface area contributed by atoms with E-state index in [2.05, 4.69) is 25.0 Å². The van der Waals surface area contributed by atoms with Crippen molar-refractivity contribution in [1.82, 2.24) is 24.2 Å². The van der Waals surface area contributed by atoms with E-state index in [1.807, 2.05) is 17.6 Å². The Kier molecular flexibility index (Phi) is 8.28. The Morgan fingerprint density at radius 1 is 1.03 bits per heavy atom. The molecule has 1 aromatic carbocycles. The molecule has 0 aliphatic heterocycles. The fraction of sp³-hybridized carbons (Fsp3) is 0.381. The van der Waals surface area contributed by atoms with Crippen LogP contribution in [0.3, 0.4) is 0 Å². The topological polar surface area (TPSA) is 120 Å². The largest absolute Gasteiger partial charge is 0.385 e. The van der Waals surface area contributed by atoms with Crippen molar-refractivity contribution in [3.63, 3.8) is 0 Å². The number of imidazole rings is 1. The lowest BCUT2D eigenvalue weighted by Gasteiger charge is -2.11. The third-order valence-corrected chi connectivity index (χ3v) is 6.21. The summed E-state index contributed by atoms with van der Waals surface area (Å²) in [6.45, 7) is 3.98. The third kappa shape index (κ3) is 6.10. The van der Waals surface area contributed by atoms with Crippen molar-refractivity contribution in [2.24, 2.45) is 0 Å². The zero-order valence-electron chi connectivity index (χ0n) is 18.4. The van der Waals surface area contributed by atoms with Gasteiger partial charge >= 0.3 is 0 Å². The lowest BCUT2D eigenvalue weighted by atomic mass is 10.3. The SMILES string of the molecule is COCCCNS(=O)(=O)c1ccc(Nc2nccc(-c3cnc(C)n3CCOC)n2)cc1. The van der Waals surface area contributed by atoms with Gasteiger partial charge in [-0.05, 0) is 43.7 Å². The summed E-state index contributed by atoms with van der Waals surface area (Å²) >= 11 is 0. The molecule has 2 heterocycles. The molecule has 0 bridgehead atoms. The number of aromatic nitrogens is 4. The third-order valence-electron chi connectivity index (χ3n) is 4.73. The maximum atomic E-state index is 12.4. The summed E-state index contributed by atoms with van der Waals surface area (Å²) < 4.78 is 39.4. The maximum absolute atomic E-state index is 12.4. The van der Waals surface area contributed by atoms with Gasteiger partial charge in [0.15, 0.2) is 0 Å². The molecule has 0 unspecified atom stereocenters. The monoisotopic (exact) mass is 460 g/mol. The molecule has 3 aromatic rings. The van der Waals surface area contributed by atoms with Gasteiger partial charge < -0.3 is 19.4 Å². The summed E-state index contributed by atoms with van der Waals surface area (Å²) in [6.07, 6.45) is 4.04. The molecule has 172 valence electrons. The van der Waals surface area contributed by atoms with Crippen LogP contribution >= 0.6 is 0 Å². The molecule has 2 aromatic heterocycles. The number of rotatable bonds is 12. The number of ether oxygens (including phenoxy) is 2. The Morgan fingerprint density at radius 2 is 1.78 bits per heavy atom. The van der Waals surface area contributed by atoms with Crippen molar-refractivity contribution in [2.45, 2.75) is 24.8 Å². The molecule has 2 N–H and O–H groups in total. The van der Waals surface area contributed by atoms with Crippen LogP contribution in [0.1, 0.15) is 12.2 Å². The van der Waals surface area contributed by atoms with Crippen molar-refractivity contribution in [2.75, 3.05) is 39.3 Å². The first-order valence-electron chi connectivity index (χ1n) is 10.1. The molecule has 10 nitrogen and oxygen atoms in total. The van der Waals surface area contributed by atoms with Crippen LogP contribution in [0.25, 0.3) is 11.4 Å². The van der Waals surface area contributed by atoms with E-state index in [9.17, 15) is 8.42 Å². The Labute approximate surface area is 188 Å². The molecule has 0 fully saturated rings. The van der Waals surface area contributed by atoms with Crippen LogP contribution in [0.5, 0.6) is 0 Å². The molecule has 0 atom stereocenters. The number of hydrogen-bond acceptors (Lipinski definition) is 8. The van der Waals surface area contributed by atoms with Gasteiger partial charge in [0.1, 0.15) is 5.82 Å². The Balaban J connectivity index is 1.71. The van der Waals surface area contributed by atoms with Crippen LogP contribution in [0.15, 0.2) is 47.6 Å². The fourth-order valence-electron chi connectivity index (χ4n) is 3.05. The fourth-order valence-corrected chi connectivity index (χ4v) is 4.13. The smallest absolute Gasteiger partial charge is 0.240 e. The quantitative estimate of drug-likeness (QED) is 0.395. The van der Waals surface area contributed by atoms with Crippen LogP contribution in [0.2, 0.25) is 0 Å². The van der Waals surface area contributed by atoms with Crippen molar-refractivity contribution >= 4 is 21.7 Å². The molecule has 32 heavy (non-hydrogen) atoms. The molecule has 0 saturated heterocycles. The van der Waals surface area contributed by atoms with Crippen LogP contribution in [-0.2, 0) is 26.0 Å². The first-order chi connectivity index (χ1) is 15.4. The highest BCUT2D eigenvalue weighted by Gasteiger charge is 2.14. The standard InChI is InChI=1S/C21H28N6O4S/c1-16-23-15-20(27(16)12-14-31-3)19-9-11-22-21(26-19)25-17-5-7-18(8-6-17)32(28,29)24-10-4-13-30-2/h5-9,11,15,24H,4,10,12-14H2,1-3H3,(H,22,25,26). The number of hydrogen-bond donors (Lipinski definition) is 2. The predicted octanol–water partition coefficient (Wildman–Crippen LogP) is 2.35. The number of sulfonamides is 1. The minimum absolute atomic E-state index is 0.188. The minimum Gasteiger partial charge on any atom is -0.385 e. The summed E-state index contributed by atoms with van der Waals surface area (Å²) in [5.41, 5.74) is 2.26. The van der Waals surface area contributed by atoms with E-state index >= 15 is 0 Å². The molecule has 0 radical (unpaired) electrons. The van der Waals surface area contributed by atoms with Crippen molar-refractivity contribution in [3.05, 3.63) is 48.5 Å². The second kappa shape index (κ2) is 11.1. The maximum Gasteiger partial charge on any atom is 0.240 e. The Hall–Kier alpha value is -2.86. The predicted molar refractivity (Wildman–Crippen MR) is 121 cm³/mol. The molecule has 3 rings (SSSR count). The van der Waals surface area contributed by atoms with Gasteiger partial charge in [-0.25, -0.2) is 28.1 Å². The lowest BCUT2D eigenvalue weighted by molar-refractivity contribution is 0.187. The number of nitrogens with one attached hydrogen (secondary N) is 2. The highest BCUT2D eigenvalue weighted by atomic mass is 32.2. The van der Waals surface area contributed by atoms with E-state index in [1.54, 1.807) is 38.7 Å². The number of nitrogens with zero attached hydrogens (tertiary/aromatic N) is 4. The number of benzene rings is 1.